The van der Waals surface area contributed by atoms with Crippen molar-refractivity contribution in [2.24, 2.45) is 10.3 Å². The summed E-state index contributed by atoms with van der Waals surface area (Å²) in [6, 6.07) is 17.4. The number of carbonyl (C=O) groups is 1. The van der Waals surface area contributed by atoms with Crippen molar-refractivity contribution in [1.29, 1.82) is 0 Å². The SMILES string of the molecule is CCC1=NN(Cc2ccccc2)C(=O)C12CC(c1ccc(OC)cc1)=NO2. The number of hydrogen-bond acceptors (Lipinski definition) is 5. The lowest BCUT2D eigenvalue weighted by molar-refractivity contribution is -0.145. The molecule has 1 unspecified atom stereocenters. The standard InChI is InChI=1S/C21H21N3O3/c1-3-19-21(20(25)24(22-19)14-15-7-5-4-6-8-15)13-18(23-27-21)16-9-11-17(26-2)12-10-16/h4-12H,3,13-14H2,1-2H3. The Morgan fingerprint density at radius 3 is 2.56 bits per heavy atom. The van der Waals surface area contributed by atoms with Gasteiger partial charge in [-0.2, -0.15) is 5.10 Å². The van der Waals surface area contributed by atoms with Gasteiger partial charge < -0.3 is 9.57 Å². The second kappa shape index (κ2) is 6.87. The van der Waals surface area contributed by atoms with E-state index in [1.165, 1.54) is 5.01 Å². The van der Waals surface area contributed by atoms with Crippen LogP contribution < -0.4 is 4.74 Å². The fraction of sp³-hybridized carbons (Fsp3) is 0.286. The molecule has 2 heterocycles. The lowest BCUT2D eigenvalue weighted by Gasteiger charge is -2.21. The summed E-state index contributed by atoms with van der Waals surface area (Å²) < 4.78 is 5.20. The molecule has 1 atom stereocenters. The Balaban J connectivity index is 1.56. The summed E-state index contributed by atoms with van der Waals surface area (Å²) in [4.78, 5) is 18.9. The molecule has 1 spiro atoms. The normalized spacial score (nSPS) is 21.3. The molecule has 0 saturated heterocycles. The van der Waals surface area contributed by atoms with Gasteiger partial charge in [-0.15, -0.1) is 0 Å². The molecule has 4 rings (SSSR count). The summed E-state index contributed by atoms with van der Waals surface area (Å²) in [5.41, 5.74) is 2.29. The van der Waals surface area contributed by atoms with E-state index in [1.54, 1.807) is 7.11 Å². The van der Waals surface area contributed by atoms with Crippen LogP contribution in [0.1, 0.15) is 30.9 Å². The number of nitrogens with zero attached hydrogens (tertiary/aromatic N) is 3. The van der Waals surface area contributed by atoms with Crippen LogP contribution in [-0.4, -0.2) is 35.1 Å². The van der Waals surface area contributed by atoms with Gasteiger partial charge in [-0.1, -0.05) is 42.4 Å². The third-order valence-corrected chi connectivity index (χ3v) is 4.95. The minimum Gasteiger partial charge on any atom is -0.497 e. The van der Waals surface area contributed by atoms with Gasteiger partial charge in [0.2, 0.25) is 0 Å². The lowest BCUT2D eigenvalue weighted by atomic mass is 9.88. The van der Waals surface area contributed by atoms with Crippen LogP contribution in [0.15, 0.2) is 64.9 Å². The van der Waals surface area contributed by atoms with E-state index in [1.807, 2.05) is 61.5 Å². The number of carbonyl (C=O) groups excluding carboxylic acids is 1. The molecule has 27 heavy (non-hydrogen) atoms. The Labute approximate surface area is 158 Å². The molecule has 138 valence electrons. The molecule has 0 saturated carbocycles. The molecule has 6 heteroatoms. The molecular weight excluding hydrogens is 342 g/mol. The molecule has 2 aromatic carbocycles. The predicted octanol–water partition coefficient (Wildman–Crippen LogP) is 3.37. The predicted molar refractivity (Wildman–Crippen MR) is 103 cm³/mol. The molecule has 0 N–H and O–H groups in total. The number of rotatable bonds is 5. The number of ether oxygens (including phenoxy) is 1. The minimum absolute atomic E-state index is 0.157. The quantitative estimate of drug-likeness (QED) is 0.818. The molecule has 6 nitrogen and oxygen atoms in total. The fourth-order valence-corrected chi connectivity index (χ4v) is 3.46. The van der Waals surface area contributed by atoms with E-state index >= 15 is 0 Å². The maximum absolute atomic E-state index is 13.2. The summed E-state index contributed by atoms with van der Waals surface area (Å²) in [5, 5.41) is 10.3. The van der Waals surface area contributed by atoms with Gasteiger partial charge in [-0.25, -0.2) is 5.01 Å². The minimum atomic E-state index is -1.11. The highest BCUT2D eigenvalue weighted by Crippen LogP contribution is 2.36. The molecule has 0 aromatic heterocycles. The van der Waals surface area contributed by atoms with Gasteiger partial charge in [0.25, 0.3) is 11.5 Å². The number of benzene rings is 2. The first kappa shape index (κ1) is 17.3. The van der Waals surface area contributed by atoms with E-state index in [2.05, 4.69) is 10.3 Å². The molecule has 2 aliphatic heterocycles. The lowest BCUT2D eigenvalue weighted by Crippen LogP contribution is -2.46. The molecule has 0 fully saturated rings. The highest BCUT2D eigenvalue weighted by atomic mass is 16.7. The number of oxime groups is 1. The van der Waals surface area contributed by atoms with Crippen molar-refractivity contribution in [3.63, 3.8) is 0 Å². The Bertz CT molecular complexity index is 906. The van der Waals surface area contributed by atoms with Crippen molar-refractivity contribution in [3.05, 3.63) is 65.7 Å². The van der Waals surface area contributed by atoms with Crippen LogP contribution in [0.25, 0.3) is 0 Å². The van der Waals surface area contributed by atoms with Crippen molar-refractivity contribution in [2.45, 2.75) is 31.9 Å². The van der Waals surface area contributed by atoms with Crippen molar-refractivity contribution >= 4 is 17.3 Å². The van der Waals surface area contributed by atoms with Crippen molar-refractivity contribution in [1.82, 2.24) is 5.01 Å². The van der Waals surface area contributed by atoms with Gasteiger partial charge in [0.05, 0.1) is 31.5 Å². The number of hydrogen-bond donors (Lipinski definition) is 0. The monoisotopic (exact) mass is 363 g/mol. The van der Waals surface area contributed by atoms with E-state index in [-0.39, 0.29) is 5.91 Å². The Kier molecular flexibility index (Phi) is 4.39. The zero-order valence-electron chi connectivity index (χ0n) is 15.4. The fourth-order valence-electron chi connectivity index (χ4n) is 3.46. The first-order valence-corrected chi connectivity index (χ1v) is 8.99. The van der Waals surface area contributed by atoms with Crippen LogP contribution >= 0.6 is 0 Å². The van der Waals surface area contributed by atoms with Gasteiger partial charge >= 0.3 is 0 Å². The van der Waals surface area contributed by atoms with Crippen molar-refractivity contribution in [2.75, 3.05) is 7.11 Å². The first-order chi connectivity index (χ1) is 13.2. The van der Waals surface area contributed by atoms with Crippen LogP contribution in [0.2, 0.25) is 0 Å². The van der Waals surface area contributed by atoms with Crippen LogP contribution in [0.4, 0.5) is 0 Å². The summed E-state index contributed by atoms with van der Waals surface area (Å²) in [7, 11) is 1.63. The number of amides is 1. The Hall–Kier alpha value is -3.15. The first-order valence-electron chi connectivity index (χ1n) is 8.99. The topological polar surface area (TPSA) is 63.5 Å². The summed E-state index contributed by atoms with van der Waals surface area (Å²) in [6.07, 6.45) is 1.01. The average molecular weight is 363 g/mol. The summed E-state index contributed by atoms with van der Waals surface area (Å²) in [5.74, 6) is 0.616. The Morgan fingerprint density at radius 2 is 1.89 bits per heavy atom. The summed E-state index contributed by atoms with van der Waals surface area (Å²) >= 11 is 0. The van der Waals surface area contributed by atoms with Gasteiger partial charge in [0.1, 0.15) is 5.75 Å². The van der Waals surface area contributed by atoms with E-state index in [9.17, 15) is 4.79 Å². The van der Waals surface area contributed by atoms with Gasteiger partial charge in [-0.3, -0.25) is 4.79 Å². The molecule has 2 aliphatic rings. The third-order valence-electron chi connectivity index (χ3n) is 4.95. The second-order valence-electron chi connectivity index (χ2n) is 6.61. The van der Waals surface area contributed by atoms with E-state index < -0.39 is 5.60 Å². The Morgan fingerprint density at radius 1 is 1.15 bits per heavy atom. The van der Waals surface area contributed by atoms with E-state index in [0.29, 0.717) is 19.4 Å². The maximum Gasteiger partial charge on any atom is 0.296 e. The van der Waals surface area contributed by atoms with Crippen LogP contribution in [0.5, 0.6) is 5.75 Å². The molecule has 0 radical (unpaired) electrons. The molecular formula is C21H21N3O3. The maximum atomic E-state index is 13.2. The van der Waals surface area contributed by atoms with Crippen molar-refractivity contribution in [3.8, 4) is 5.75 Å². The molecule has 0 bridgehead atoms. The van der Waals surface area contributed by atoms with Crippen LogP contribution in [-0.2, 0) is 16.2 Å². The average Bonchev–Trinajstić information content (AvgIpc) is 3.27. The highest BCUT2D eigenvalue weighted by Gasteiger charge is 2.56. The molecule has 0 aliphatic carbocycles. The summed E-state index contributed by atoms with van der Waals surface area (Å²) in [6.45, 7) is 2.40. The number of hydrazone groups is 1. The van der Waals surface area contributed by atoms with Crippen LogP contribution in [0, 0.1) is 0 Å². The van der Waals surface area contributed by atoms with Gasteiger partial charge in [-0.05, 0) is 41.8 Å². The second-order valence-corrected chi connectivity index (χ2v) is 6.61. The van der Waals surface area contributed by atoms with E-state index in [4.69, 9.17) is 9.57 Å². The third kappa shape index (κ3) is 2.97. The molecule has 2 aromatic rings. The smallest absolute Gasteiger partial charge is 0.296 e. The van der Waals surface area contributed by atoms with Crippen LogP contribution in [0.3, 0.4) is 0 Å². The zero-order chi connectivity index (χ0) is 18.9. The zero-order valence-corrected chi connectivity index (χ0v) is 15.4. The van der Waals surface area contributed by atoms with Crippen molar-refractivity contribution < 1.29 is 14.4 Å². The number of methoxy groups -OCH3 is 1. The highest BCUT2D eigenvalue weighted by molar-refractivity contribution is 6.20. The van der Waals surface area contributed by atoms with Gasteiger partial charge in [0.15, 0.2) is 0 Å². The molecule has 1 amide bonds. The van der Waals surface area contributed by atoms with Gasteiger partial charge in [0, 0.05) is 0 Å². The van der Waals surface area contributed by atoms with E-state index in [0.717, 1.165) is 28.3 Å². The largest absolute Gasteiger partial charge is 0.497 e.